The van der Waals surface area contributed by atoms with Gasteiger partial charge in [0.05, 0.1) is 25.9 Å². The molecule has 0 radical (unpaired) electrons. The molecule has 0 atom stereocenters. The Morgan fingerprint density at radius 2 is 1.70 bits per heavy atom. The molecule has 1 aliphatic rings. The number of anilines is 2. The highest BCUT2D eigenvalue weighted by atomic mass is 16.5. The van der Waals surface area contributed by atoms with E-state index in [-0.39, 0.29) is 12.5 Å². The topological polar surface area (TPSA) is 77.1 Å². The highest BCUT2D eigenvalue weighted by Gasteiger charge is 2.11. The van der Waals surface area contributed by atoms with Crippen molar-refractivity contribution in [3.05, 3.63) is 54.1 Å². The predicted molar refractivity (Wildman–Crippen MR) is 101 cm³/mol. The van der Waals surface area contributed by atoms with E-state index in [2.05, 4.69) is 15.0 Å². The Morgan fingerprint density at radius 1 is 1.04 bits per heavy atom. The lowest BCUT2D eigenvalue weighted by atomic mass is 10.2. The van der Waals surface area contributed by atoms with E-state index >= 15 is 0 Å². The van der Waals surface area contributed by atoms with Crippen LogP contribution in [0.25, 0.3) is 0 Å². The minimum Gasteiger partial charge on any atom is -0.484 e. The number of ether oxygens (including phenoxy) is 3. The fourth-order valence-electron chi connectivity index (χ4n) is 2.73. The van der Waals surface area contributed by atoms with Gasteiger partial charge in [-0.05, 0) is 48.5 Å². The Morgan fingerprint density at radius 3 is 2.33 bits per heavy atom. The van der Waals surface area contributed by atoms with Crippen LogP contribution in [0.3, 0.4) is 0 Å². The number of nitrogens with zero attached hydrogens (tertiary/aromatic N) is 1. The van der Waals surface area contributed by atoms with Crippen LogP contribution in [0.5, 0.6) is 5.75 Å². The number of nitrogens with one attached hydrogen (secondary N) is 1. The zero-order valence-corrected chi connectivity index (χ0v) is 15.1. The number of amides is 1. The minimum atomic E-state index is -0.417. The maximum Gasteiger partial charge on any atom is 0.337 e. The highest BCUT2D eigenvalue weighted by Crippen LogP contribution is 2.19. The molecule has 3 rings (SSSR count). The number of morpholine rings is 1. The lowest BCUT2D eigenvalue weighted by Gasteiger charge is -2.28. The lowest BCUT2D eigenvalue weighted by molar-refractivity contribution is -0.118. The van der Waals surface area contributed by atoms with Gasteiger partial charge in [0.1, 0.15) is 5.75 Å². The van der Waals surface area contributed by atoms with Crippen LogP contribution in [0.1, 0.15) is 10.4 Å². The third kappa shape index (κ3) is 5.21. The molecule has 0 spiro atoms. The van der Waals surface area contributed by atoms with Crippen LogP contribution in [-0.4, -0.2) is 51.9 Å². The van der Waals surface area contributed by atoms with Gasteiger partial charge in [-0.25, -0.2) is 4.79 Å². The normalized spacial score (nSPS) is 13.7. The maximum absolute atomic E-state index is 12.1. The van der Waals surface area contributed by atoms with E-state index in [0.717, 1.165) is 32.0 Å². The molecule has 1 fully saturated rings. The molecular formula is C20H22N2O5. The van der Waals surface area contributed by atoms with Crippen LogP contribution >= 0.6 is 0 Å². The van der Waals surface area contributed by atoms with Crippen LogP contribution in [0.4, 0.5) is 11.4 Å². The predicted octanol–water partition coefficient (Wildman–Crippen LogP) is 2.33. The molecule has 1 N–H and O–H groups in total. The molecule has 1 saturated heterocycles. The minimum absolute atomic E-state index is 0.122. The molecule has 0 bridgehead atoms. The van der Waals surface area contributed by atoms with Crippen molar-refractivity contribution in [1.82, 2.24) is 0 Å². The van der Waals surface area contributed by atoms with Gasteiger partial charge in [0, 0.05) is 24.5 Å². The lowest BCUT2D eigenvalue weighted by Crippen LogP contribution is -2.36. The van der Waals surface area contributed by atoms with E-state index < -0.39 is 5.97 Å². The first kappa shape index (κ1) is 18.7. The van der Waals surface area contributed by atoms with Gasteiger partial charge in [-0.3, -0.25) is 4.79 Å². The molecule has 0 aromatic heterocycles. The van der Waals surface area contributed by atoms with E-state index in [9.17, 15) is 9.59 Å². The number of hydrogen-bond donors (Lipinski definition) is 1. The molecule has 1 aliphatic heterocycles. The van der Waals surface area contributed by atoms with Gasteiger partial charge in [-0.2, -0.15) is 0 Å². The average molecular weight is 370 g/mol. The van der Waals surface area contributed by atoms with Crippen LogP contribution in [0.15, 0.2) is 48.5 Å². The monoisotopic (exact) mass is 370 g/mol. The summed E-state index contributed by atoms with van der Waals surface area (Å²) >= 11 is 0. The first-order chi connectivity index (χ1) is 13.2. The van der Waals surface area contributed by atoms with Crippen LogP contribution in [0.2, 0.25) is 0 Å². The second-order valence-corrected chi connectivity index (χ2v) is 6.00. The summed E-state index contributed by atoms with van der Waals surface area (Å²) in [5.41, 5.74) is 2.24. The van der Waals surface area contributed by atoms with Crippen molar-refractivity contribution in [3.63, 3.8) is 0 Å². The third-order valence-corrected chi connectivity index (χ3v) is 4.17. The summed E-state index contributed by atoms with van der Waals surface area (Å²) in [6.45, 7) is 3.08. The van der Waals surface area contributed by atoms with Crippen molar-refractivity contribution in [2.24, 2.45) is 0 Å². The van der Waals surface area contributed by atoms with Gasteiger partial charge in [0.2, 0.25) is 0 Å². The van der Waals surface area contributed by atoms with E-state index in [1.165, 1.54) is 7.11 Å². The Labute approximate surface area is 157 Å². The van der Waals surface area contributed by atoms with Gasteiger partial charge < -0.3 is 24.4 Å². The maximum atomic E-state index is 12.1. The molecule has 142 valence electrons. The number of carbonyl (C=O) groups is 2. The van der Waals surface area contributed by atoms with E-state index in [4.69, 9.17) is 9.47 Å². The van der Waals surface area contributed by atoms with Gasteiger partial charge >= 0.3 is 5.97 Å². The standard InChI is InChI=1S/C20H22N2O5/c1-25-20(24)15-2-8-18(9-3-15)27-14-19(23)21-16-4-6-17(7-5-16)22-10-12-26-13-11-22/h2-9H,10-14H2,1H3,(H,21,23). The Balaban J connectivity index is 1.48. The number of rotatable bonds is 6. The summed E-state index contributed by atoms with van der Waals surface area (Å²) in [5, 5.41) is 2.80. The summed E-state index contributed by atoms with van der Waals surface area (Å²) in [4.78, 5) is 25.7. The van der Waals surface area contributed by atoms with Gasteiger partial charge in [0.15, 0.2) is 6.61 Å². The van der Waals surface area contributed by atoms with E-state index in [1.807, 2.05) is 24.3 Å². The summed E-state index contributed by atoms with van der Waals surface area (Å²) < 4.78 is 15.4. The number of esters is 1. The van der Waals surface area contributed by atoms with E-state index in [0.29, 0.717) is 17.0 Å². The average Bonchev–Trinajstić information content (AvgIpc) is 2.73. The smallest absolute Gasteiger partial charge is 0.337 e. The summed E-state index contributed by atoms with van der Waals surface area (Å²) in [5.74, 6) is -0.175. The molecule has 2 aromatic rings. The number of methoxy groups -OCH3 is 1. The van der Waals surface area contributed by atoms with Crippen LogP contribution in [0, 0.1) is 0 Å². The van der Waals surface area contributed by atoms with Crippen molar-refractivity contribution in [2.75, 3.05) is 50.2 Å². The van der Waals surface area contributed by atoms with Gasteiger partial charge in [0.25, 0.3) is 5.91 Å². The van der Waals surface area contributed by atoms with Crippen molar-refractivity contribution >= 4 is 23.3 Å². The molecular weight excluding hydrogens is 348 g/mol. The van der Waals surface area contributed by atoms with Crippen molar-refractivity contribution < 1.29 is 23.8 Å². The molecule has 0 unspecified atom stereocenters. The summed E-state index contributed by atoms with van der Waals surface area (Å²) in [6, 6.07) is 14.1. The Bertz CT molecular complexity index is 768. The number of hydrogen-bond acceptors (Lipinski definition) is 6. The molecule has 0 saturated carbocycles. The number of benzene rings is 2. The Hall–Kier alpha value is -3.06. The summed E-state index contributed by atoms with van der Waals surface area (Å²) in [6.07, 6.45) is 0. The summed E-state index contributed by atoms with van der Waals surface area (Å²) in [7, 11) is 1.32. The first-order valence-corrected chi connectivity index (χ1v) is 8.69. The Kier molecular flexibility index (Phi) is 6.27. The molecule has 2 aromatic carbocycles. The molecule has 1 heterocycles. The first-order valence-electron chi connectivity index (χ1n) is 8.69. The highest BCUT2D eigenvalue weighted by molar-refractivity contribution is 5.92. The molecule has 1 amide bonds. The van der Waals surface area contributed by atoms with Crippen molar-refractivity contribution in [1.29, 1.82) is 0 Å². The second kappa shape index (κ2) is 9.05. The molecule has 0 aliphatic carbocycles. The van der Waals surface area contributed by atoms with Gasteiger partial charge in [-0.1, -0.05) is 0 Å². The van der Waals surface area contributed by atoms with Gasteiger partial charge in [-0.15, -0.1) is 0 Å². The SMILES string of the molecule is COC(=O)c1ccc(OCC(=O)Nc2ccc(N3CCOCC3)cc2)cc1. The quantitative estimate of drug-likeness (QED) is 0.787. The third-order valence-electron chi connectivity index (χ3n) is 4.17. The fraction of sp³-hybridized carbons (Fsp3) is 0.300. The molecule has 7 heteroatoms. The molecule has 7 nitrogen and oxygen atoms in total. The molecule has 27 heavy (non-hydrogen) atoms. The zero-order chi connectivity index (χ0) is 19.1. The van der Waals surface area contributed by atoms with Crippen molar-refractivity contribution in [2.45, 2.75) is 0 Å². The fourth-order valence-corrected chi connectivity index (χ4v) is 2.73. The van der Waals surface area contributed by atoms with Crippen molar-refractivity contribution in [3.8, 4) is 5.75 Å². The second-order valence-electron chi connectivity index (χ2n) is 6.00. The number of carbonyl (C=O) groups excluding carboxylic acids is 2. The zero-order valence-electron chi connectivity index (χ0n) is 15.1. The van der Waals surface area contributed by atoms with Crippen LogP contribution < -0.4 is 15.0 Å². The largest absolute Gasteiger partial charge is 0.484 e. The van der Waals surface area contributed by atoms with E-state index in [1.54, 1.807) is 24.3 Å². The van der Waals surface area contributed by atoms with Crippen LogP contribution in [-0.2, 0) is 14.3 Å².